The highest BCUT2D eigenvalue weighted by Gasteiger charge is 2.23. The quantitative estimate of drug-likeness (QED) is 0.755. The summed E-state index contributed by atoms with van der Waals surface area (Å²) in [5.74, 6) is 0.00391. The first kappa shape index (κ1) is 16.8. The molecule has 1 saturated heterocycles. The maximum atomic E-state index is 12.9. The summed E-state index contributed by atoms with van der Waals surface area (Å²) in [6, 6.07) is 7.10. The third-order valence-electron chi connectivity index (χ3n) is 4.74. The molecule has 3 heterocycles. The Morgan fingerprint density at radius 1 is 1.15 bits per heavy atom. The average molecular weight is 368 g/mol. The summed E-state index contributed by atoms with van der Waals surface area (Å²) in [6.45, 7) is 6.84. The summed E-state index contributed by atoms with van der Waals surface area (Å²) in [6.07, 6.45) is 1.88. The third-order valence-corrected chi connectivity index (χ3v) is 5.72. The van der Waals surface area contributed by atoms with Crippen molar-refractivity contribution in [1.82, 2.24) is 14.9 Å². The van der Waals surface area contributed by atoms with Crippen molar-refractivity contribution < 1.29 is 4.79 Å². The molecule has 3 aromatic rings. The number of carbonyl (C=O) groups is 1. The van der Waals surface area contributed by atoms with Crippen molar-refractivity contribution in [2.24, 2.45) is 0 Å². The van der Waals surface area contributed by atoms with Gasteiger partial charge in [0.1, 0.15) is 0 Å². The predicted molar refractivity (Wildman–Crippen MR) is 104 cm³/mol. The Kier molecular flexibility index (Phi) is 4.24. The van der Waals surface area contributed by atoms with Crippen LogP contribution in [0.1, 0.15) is 20.8 Å². The number of aromatic amines is 1. The van der Waals surface area contributed by atoms with Crippen LogP contribution in [0, 0.1) is 13.8 Å². The molecule has 1 aliphatic rings. The Morgan fingerprint density at radius 2 is 1.92 bits per heavy atom. The van der Waals surface area contributed by atoms with Gasteiger partial charge in [0.15, 0.2) is 5.13 Å². The number of anilines is 1. The van der Waals surface area contributed by atoms with Crippen molar-refractivity contribution >= 4 is 33.3 Å². The first-order valence-corrected chi connectivity index (χ1v) is 9.43. The number of aromatic nitrogens is 2. The fraction of sp³-hybridized carbons (Fsp3) is 0.316. The minimum absolute atomic E-state index is 0.00391. The van der Waals surface area contributed by atoms with Crippen LogP contribution >= 0.6 is 11.3 Å². The molecule has 0 spiro atoms. The number of carbonyl (C=O) groups excluding carboxylic acids is 1. The molecule has 4 rings (SSSR count). The lowest BCUT2D eigenvalue weighted by Crippen LogP contribution is -2.48. The van der Waals surface area contributed by atoms with Crippen LogP contribution in [0.25, 0.3) is 10.9 Å². The molecule has 2 aromatic heterocycles. The molecule has 1 amide bonds. The average Bonchev–Trinajstić information content (AvgIpc) is 3.07. The number of fused-ring (bicyclic) bond motifs is 1. The molecular formula is C19H20N4O2S. The molecule has 1 aliphatic heterocycles. The molecule has 1 aromatic carbocycles. The van der Waals surface area contributed by atoms with Crippen molar-refractivity contribution in [1.29, 1.82) is 0 Å². The van der Waals surface area contributed by atoms with Gasteiger partial charge in [0.25, 0.3) is 5.91 Å². The molecular weight excluding hydrogens is 348 g/mol. The fourth-order valence-electron chi connectivity index (χ4n) is 3.34. The zero-order chi connectivity index (χ0) is 18.3. The number of hydrogen-bond donors (Lipinski definition) is 1. The van der Waals surface area contributed by atoms with Gasteiger partial charge < -0.3 is 14.8 Å². The number of amides is 1. The van der Waals surface area contributed by atoms with Crippen molar-refractivity contribution in [3.63, 3.8) is 0 Å². The van der Waals surface area contributed by atoms with Crippen molar-refractivity contribution in [3.8, 4) is 0 Å². The zero-order valence-electron chi connectivity index (χ0n) is 14.8. The molecule has 7 heteroatoms. The second kappa shape index (κ2) is 6.57. The Morgan fingerprint density at radius 3 is 2.62 bits per heavy atom. The summed E-state index contributed by atoms with van der Waals surface area (Å²) < 4.78 is 0. The van der Waals surface area contributed by atoms with Crippen LogP contribution in [0.2, 0.25) is 0 Å². The van der Waals surface area contributed by atoms with Gasteiger partial charge in [-0.05, 0) is 31.5 Å². The van der Waals surface area contributed by atoms with Gasteiger partial charge in [0, 0.05) is 59.8 Å². The highest BCUT2D eigenvalue weighted by atomic mass is 32.1. The van der Waals surface area contributed by atoms with Crippen LogP contribution in [0.3, 0.4) is 0 Å². The van der Waals surface area contributed by atoms with E-state index >= 15 is 0 Å². The monoisotopic (exact) mass is 368 g/mol. The van der Waals surface area contributed by atoms with Gasteiger partial charge >= 0.3 is 0 Å². The van der Waals surface area contributed by atoms with Crippen molar-refractivity contribution in [2.75, 3.05) is 31.1 Å². The molecule has 0 saturated carbocycles. The van der Waals surface area contributed by atoms with E-state index in [0.29, 0.717) is 24.2 Å². The molecule has 26 heavy (non-hydrogen) atoms. The highest BCUT2D eigenvalue weighted by molar-refractivity contribution is 7.15. The van der Waals surface area contributed by atoms with Crippen molar-refractivity contribution in [2.45, 2.75) is 13.8 Å². The van der Waals surface area contributed by atoms with E-state index in [1.54, 1.807) is 23.5 Å². The highest BCUT2D eigenvalue weighted by Crippen LogP contribution is 2.23. The molecule has 0 radical (unpaired) electrons. The summed E-state index contributed by atoms with van der Waals surface area (Å²) >= 11 is 1.68. The minimum Gasteiger partial charge on any atom is -0.345 e. The normalized spacial score (nSPS) is 14.8. The largest absolute Gasteiger partial charge is 0.345 e. The summed E-state index contributed by atoms with van der Waals surface area (Å²) in [5.41, 5.74) is 2.08. The van der Waals surface area contributed by atoms with E-state index in [9.17, 15) is 9.59 Å². The van der Waals surface area contributed by atoms with Gasteiger partial charge in [0.2, 0.25) is 5.56 Å². The van der Waals surface area contributed by atoms with Gasteiger partial charge in [-0.1, -0.05) is 6.07 Å². The Labute approximate surface area is 155 Å². The van der Waals surface area contributed by atoms with Crippen LogP contribution < -0.4 is 10.5 Å². The Balaban J connectivity index is 1.51. The molecule has 0 atom stereocenters. The first-order valence-electron chi connectivity index (χ1n) is 8.61. The second-order valence-corrected chi connectivity index (χ2v) is 7.82. The summed E-state index contributed by atoms with van der Waals surface area (Å²) in [4.78, 5) is 37.1. The van der Waals surface area contributed by atoms with E-state index in [2.05, 4.69) is 14.9 Å². The van der Waals surface area contributed by atoms with Crippen molar-refractivity contribution in [3.05, 3.63) is 56.8 Å². The molecule has 1 N–H and O–H groups in total. The number of pyridine rings is 1. The number of benzene rings is 1. The second-order valence-electron chi connectivity index (χ2n) is 6.61. The Hall–Kier alpha value is -2.67. The maximum absolute atomic E-state index is 12.9. The summed E-state index contributed by atoms with van der Waals surface area (Å²) in [5, 5.41) is 1.98. The topological polar surface area (TPSA) is 69.3 Å². The fourth-order valence-corrected chi connectivity index (χ4v) is 4.15. The van der Waals surface area contributed by atoms with Gasteiger partial charge in [-0.2, -0.15) is 0 Å². The van der Waals surface area contributed by atoms with E-state index in [0.717, 1.165) is 29.2 Å². The van der Waals surface area contributed by atoms with Gasteiger partial charge in [-0.15, -0.1) is 11.3 Å². The molecule has 1 fully saturated rings. The van der Waals surface area contributed by atoms with Crippen LogP contribution in [0.5, 0.6) is 0 Å². The van der Waals surface area contributed by atoms with Crippen LogP contribution in [0.4, 0.5) is 5.13 Å². The predicted octanol–water partition coefficient (Wildman–Crippen LogP) is 2.56. The third kappa shape index (κ3) is 3.10. The Bertz CT molecular complexity index is 1030. The van der Waals surface area contributed by atoms with Gasteiger partial charge in [0.05, 0.1) is 0 Å². The van der Waals surface area contributed by atoms with Crippen LogP contribution in [-0.2, 0) is 0 Å². The zero-order valence-corrected chi connectivity index (χ0v) is 15.6. The van der Waals surface area contributed by atoms with E-state index in [4.69, 9.17) is 0 Å². The van der Waals surface area contributed by atoms with E-state index in [1.807, 2.05) is 37.1 Å². The molecule has 0 aliphatic carbocycles. The van der Waals surface area contributed by atoms with Crippen LogP contribution in [0.15, 0.2) is 35.3 Å². The standard InChI is InChI=1S/C19H20N4O2S/c1-12-9-17(24)21-16-10-14(3-4-15(12)16)18(25)22-5-7-23(8-6-22)19-20-11-13(2)26-19/h3-4,9-11H,5-8H2,1-2H3,(H,21,24). The molecule has 6 nitrogen and oxygen atoms in total. The lowest BCUT2D eigenvalue weighted by atomic mass is 10.1. The maximum Gasteiger partial charge on any atom is 0.254 e. The number of nitrogens with zero attached hydrogens (tertiary/aromatic N) is 3. The lowest BCUT2D eigenvalue weighted by Gasteiger charge is -2.34. The molecule has 0 unspecified atom stereocenters. The van der Waals surface area contributed by atoms with E-state index in [-0.39, 0.29) is 11.5 Å². The number of piperazine rings is 1. The van der Waals surface area contributed by atoms with E-state index in [1.165, 1.54) is 4.88 Å². The minimum atomic E-state index is -0.146. The smallest absolute Gasteiger partial charge is 0.254 e. The van der Waals surface area contributed by atoms with Crippen LogP contribution in [-0.4, -0.2) is 47.0 Å². The molecule has 0 bridgehead atoms. The van der Waals surface area contributed by atoms with E-state index < -0.39 is 0 Å². The number of H-pyrrole nitrogens is 1. The van der Waals surface area contributed by atoms with Gasteiger partial charge in [-0.3, -0.25) is 9.59 Å². The summed E-state index contributed by atoms with van der Waals surface area (Å²) in [7, 11) is 0. The SMILES string of the molecule is Cc1cnc(N2CCN(C(=O)c3ccc4c(C)cc(=O)[nH]c4c3)CC2)s1. The number of rotatable bonds is 2. The number of aryl methyl sites for hydroxylation is 2. The number of thiazole rings is 1. The number of hydrogen-bond acceptors (Lipinski definition) is 5. The number of nitrogens with one attached hydrogen (secondary N) is 1. The first-order chi connectivity index (χ1) is 12.5. The lowest BCUT2D eigenvalue weighted by molar-refractivity contribution is 0.0747. The van der Waals surface area contributed by atoms with Gasteiger partial charge in [-0.25, -0.2) is 4.98 Å². The molecule has 134 valence electrons.